The van der Waals surface area contributed by atoms with Gasteiger partial charge in [-0.15, -0.1) is 0 Å². The number of hydrogen-bond acceptors (Lipinski definition) is 4. The van der Waals surface area contributed by atoms with Gasteiger partial charge in [-0.05, 0) is 17.7 Å². The molecule has 0 N–H and O–H groups in total. The van der Waals surface area contributed by atoms with Gasteiger partial charge in [0.15, 0.2) is 0 Å². The van der Waals surface area contributed by atoms with Crippen molar-refractivity contribution in [2.75, 3.05) is 6.54 Å². The minimum absolute atomic E-state index is 0.0473. The van der Waals surface area contributed by atoms with Crippen molar-refractivity contribution in [3.63, 3.8) is 0 Å². The molecular weight excluding hydrogens is 292 g/mol. The Hall–Kier alpha value is -2.89. The van der Waals surface area contributed by atoms with Crippen LogP contribution >= 0.6 is 0 Å². The molecule has 0 aliphatic carbocycles. The van der Waals surface area contributed by atoms with Crippen LogP contribution in [-0.2, 0) is 19.5 Å². The van der Waals surface area contributed by atoms with Crippen molar-refractivity contribution in [1.82, 2.24) is 19.6 Å². The summed E-state index contributed by atoms with van der Waals surface area (Å²) in [6, 6.07) is 7.75. The molecule has 1 aliphatic heterocycles. The van der Waals surface area contributed by atoms with Gasteiger partial charge in [0.1, 0.15) is 5.76 Å². The highest BCUT2D eigenvalue weighted by Gasteiger charge is 2.24. The van der Waals surface area contributed by atoms with Crippen LogP contribution in [0.25, 0.3) is 0 Å². The molecule has 6 heteroatoms. The zero-order valence-electron chi connectivity index (χ0n) is 12.6. The zero-order chi connectivity index (χ0) is 15.6. The van der Waals surface area contributed by atoms with Gasteiger partial charge in [0.2, 0.25) is 0 Å². The van der Waals surface area contributed by atoms with Crippen LogP contribution in [0.5, 0.6) is 0 Å². The number of rotatable bonds is 3. The average Bonchev–Trinajstić information content (AvgIpc) is 3.25. The zero-order valence-corrected chi connectivity index (χ0v) is 12.6. The second kappa shape index (κ2) is 5.72. The van der Waals surface area contributed by atoms with Crippen molar-refractivity contribution in [3.8, 4) is 0 Å². The fourth-order valence-electron chi connectivity index (χ4n) is 2.84. The molecule has 0 radical (unpaired) electrons. The van der Waals surface area contributed by atoms with Gasteiger partial charge in [-0.3, -0.25) is 4.79 Å². The van der Waals surface area contributed by atoms with E-state index in [1.54, 1.807) is 18.7 Å². The van der Waals surface area contributed by atoms with Crippen LogP contribution in [-0.4, -0.2) is 32.1 Å². The molecule has 1 amide bonds. The third kappa shape index (κ3) is 2.75. The number of nitrogens with zero attached hydrogens (tertiary/aromatic N) is 4. The van der Waals surface area contributed by atoms with E-state index in [9.17, 15) is 4.79 Å². The minimum atomic E-state index is 0.0473. The molecule has 23 heavy (non-hydrogen) atoms. The number of hydrogen-bond donors (Lipinski definition) is 0. The van der Waals surface area contributed by atoms with Crippen molar-refractivity contribution in [3.05, 3.63) is 71.6 Å². The third-order valence-electron chi connectivity index (χ3n) is 4.11. The molecule has 3 heterocycles. The second-order valence-electron chi connectivity index (χ2n) is 5.68. The van der Waals surface area contributed by atoms with Crippen LogP contribution < -0.4 is 0 Å². The Morgan fingerprint density at radius 2 is 2.13 bits per heavy atom. The summed E-state index contributed by atoms with van der Waals surface area (Å²) >= 11 is 0. The minimum Gasteiger partial charge on any atom is -0.361 e. The molecule has 1 aliphatic rings. The average molecular weight is 308 g/mol. The molecule has 3 aromatic rings. The number of carbonyl (C=O) groups is 1. The van der Waals surface area contributed by atoms with E-state index in [1.807, 2.05) is 39.9 Å². The number of fused-ring (bicyclic) bond motifs is 1. The lowest BCUT2D eigenvalue weighted by atomic mass is 10.1. The molecule has 0 bridgehead atoms. The standard InChI is InChI=1S/C17H16N4O2/c22-17(21-7-5-16-15(11-21)9-19-23-16)14-3-1-13(2-4-14)10-20-8-6-18-12-20/h1-4,6,8-9,12H,5,7,10-11H2. The Labute approximate surface area is 133 Å². The lowest BCUT2D eigenvalue weighted by Gasteiger charge is -2.25. The van der Waals surface area contributed by atoms with Gasteiger partial charge in [-0.2, -0.15) is 0 Å². The number of amides is 1. The number of imidazole rings is 1. The smallest absolute Gasteiger partial charge is 0.254 e. The van der Waals surface area contributed by atoms with E-state index in [0.717, 1.165) is 29.9 Å². The van der Waals surface area contributed by atoms with Crippen LogP contribution in [0.15, 0.2) is 53.7 Å². The van der Waals surface area contributed by atoms with Gasteiger partial charge < -0.3 is 14.0 Å². The third-order valence-corrected chi connectivity index (χ3v) is 4.11. The van der Waals surface area contributed by atoms with E-state index in [2.05, 4.69) is 10.1 Å². The van der Waals surface area contributed by atoms with E-state index in [-0.39, 0.29) is 5.91 Å². The SMILES string of the molecule is O=C(c1ccc(Cn2ccnc2)cc1)N1CCc2oncc2C1. The van der Waals surface area contributed by atoms with Crippen molar-refractivity contribution in [1.29, 1.82) is 0 Å². The summed E-state index contributed by atoms with van der Waals surface area (Å²) in [5.41, 5.74) is 2.85. The summed E-state index contributed by atoms with van der Waals surface area (Å²) in [7, 11) is 0. The van der Waals surface area contributed by atoms with Crippen LogP contribution in [0.1, 0.15) is 27.2 Å². The molecule has 0 spiro atoms. The van der Waals surface area contributed by atoms with E-state index in [0.29, 0.717) is 18.7 Å². The molecule has 0 saturated carbocycles. The predicted molar refractivity (Wildman–Crippen MR) is 82.7 cm³/mol. The Bertz CT molecular complexity index is 806. The number of carbonyl (C=O) groups excluding carboxylic acids is 1. The van der Waals surface area contributed by atoms with E-state index >= 15 is 0 Å². The summed E-state index contributed by atoms with van der Waals surface area (Å²) in [4.78, 5) is 18.5. The molecule has 1 aromatic carbocycles. The Balaban J connectivity index is 1.46. The Morgan fingerprint density at radius 3 is 2.91 bits per heavy atom. The van der Waals surface area contributed by atoms with Crippen molar-refractivity contribution in [2.24, 2.45) is 0 Å². The maximum absolute atomic E-state index is 12.6. The topological polar surface area (TPSA) is 64.2 Å². The number of benzene rings is 1. The number of aromatic nitrogens is 3. The van der Waals surface area contributed by atoms with Crippen LogP contribution in [0.2, 0.25) is 0 Å². The monoisotopic (exact) mass is 308 g/mol. The first-order valence-corrected chi connectivity index (χ1v) is 7.56. The molecule has 6 nitrogen and oxygen atoms in total. The van der Waals surface area contributed by atoms with Gasteiger partial charge >= 0.3 is 0 Å². The lowest BCUT2D eigenvalue weighted by molar-refractivity contribution is 0.0729. The van der Waals surface area contributed by atoms with Gasteiger partial charge in [0, 0.05) is 43.0 Å². The van der Waals surface area contributed by atoms with E-state index in [1.165, 1.54) is 0 Å². The summed E-state index contributed by atoms with van der Waals surface area (Å²) in [5, 5.41) is 3.80. The Kier molecular flexibility index (Phi) is 3.42. The summed E-state index contributed by atoms with van der Waals surface area (Å²) in [5.74, 6) is 0.941. The fourth-order valence-corrected chi connectivity index (χ4v) is 2.84. The van der Waals surface area contributed by atoms with E-state index in [4.69, 9.17) is 4.52 Å². The van der Waals surface area contributed by atoms with Crippen molar-refractivity contribution in [2.45, 2.75) is 19.5 Å². The quantitative estimate of drug-likeness (QED) is 0.743. The van der Waals surface area contributed by atoms with Crippen molar-refractivity contribution >= 4 is 5.91 Å². The molecule has 0 atom stereocenters. The fraction of sp³-hybridized carbons (Fsp3) is 0.235. The van der Waals surface area contributed by atoms with Gasteiger partial charge in [-0.25, -0.2) is 4.98 Å². The normalized spacial score (nSPS) is 13.8. The van der Waals surface area contributed by atoms with Crippen molar-refractivity contribution < 1.29 is 9.32 Å². The molecular formula is C17H16N4O2. The van der Waals surface area contributed by atoms with Crippen LogP contribution in [0, 0.1) is 0 Å². The van der Waals surface area contributed by atoms with Gasteiger partial charge in [0.25, 0.3) is 5.91 Å². The molecule has 0 fully saturated rings. The largest absolute Gasteiger partial charge is 0.361 e. The summed E-state index contributed by atoms with van der Waals surface area (Å²) in [6.07, 6.45) is 7.88. The lowest BCUT2D eigenvalue weighted by Crippen LogP contribution is -2.35. The highest BCUT2D eigenvalue weighted by Crippen LogP contribution is 2.20. The maximum atomic E-state index is 12.6. The first-order valence-electron chi connectivity index (χ1n) is 7.56. The molecule has 4 rings (SSSR count). The molecule has 0 unspecified atom stereocenters. The molecule has 0 saturated heterocycles. The van der Waals surface area contributed by atoms with Crippen LogP contribution in [0.4, 0.5) is 0 Å². The predicted octanol–water partition coefficient (Wildman–Crippen LogP) is 2.12. The van der Waals surface area contributed by atoms with E-state index < -0.39 is 0 Å². The van der Waals surface area contributed by atoms with Gasteiger partial charge in [-0.1, -0.05) is 17.3 Å². The highest BCUT2D eigenvalue weighted by molar-refractivity contribution is 5.94. The maximum Gasteiger partial charge on any atom is 0.254 e. The summed E-state index contributed by atoms with van der Waals surface area (Å²) < 4.78 is 7.15. The Morgan fingerprint density at radius 1 is 1.26 bits per heavy atom. The molecule has 2 aromatic heterocycles. The molecule has 116 valence electrons. The first-order chi connectivity index (χ1) is 11.3. The highest BCUT2D eigenvalue weighted by atomic mass is 16.5. The van der Waals surface area contributed by atoms with Crippen LogP contribution in [0.3, 0.4) is 0 Å². The second-order valence-corrected chi connectivity index (χ2v) is 5.68. The summed E-state index contributed by atoms with van der Waals surface area (Å²) in [6.45, 7) is 1.98. The first kappa shape index (κ1) is 13.8. The van der Waals surface area contributed by atoms with Gasteiger partial charge in [0.05, 0.1) is 19.1 Å².